The van der Waals surface area contributed by atoms with Crippen LogP contribution in [0.3, 0.4) is 0 Å². The van der Waals surface area contributed by atoms with Crippen LogP contribution in [0, 0.1) is 0 Å². The lowest BCUT2D eigenvalue weighted by Crippen LogP contribution is -2.24. The molecule has 2 aromatic rings. The van der Waals surface area contributed by atoms with Crippen LogP contribution in [0.25, 0.3) is 11.3 Å². The van der Waals surface area contributed by atoms with E-state index >= 15 is 0 Å². The minimum Gasteiger partial charge on any atom is -0.455 e. The Morgan fingerprint density at radius 2 is 2.09 bits per heavy atom. The van der Waals surface area contributed by atoms with E-state index in [0.29, 0.717) is 35.4 Å². The number of hydrogen-bond donors (Lipinski definition) is 1. The first-order valence-electron chi connectivity index (χ1n) is 7.22. The molecule has 116 valence electrons. The van der Waals surface area contributed by atoms with Gasteiger partial charge >= 0.3 is 5.97 Å². The number of aromatic nitrogens is 2. The van der Waals surface area contributed by atoms with Gasteiger partial charge in [-0.15, -0.1) is 0 Å². The maximum absolute atomic E-state index is 12.4. The lowest BCUT2D eigenvalue weighted by molar-refractivity contribution is 0.00624. The Labute approximate surface area is 129 Å². The summed E-state index contributed by atoms with van der Waals surface area (Å²) in [6, 6.07) is 5.46. The molecule has 0 aliphatic carbocycles. The fourth-order valence-electron chi connectivity index (χ4n) is 2.31. The van der Waals surface area contributed by atoms with Gasteiger partial charge in [0, 0.05) is 11.8 Å². The number of nitrogens with zero attached hydrogens (tertiary/aromatic N) is 1. The average Bonchev–Trinajstić information content (AvgIpc) is 2.85. The first-order valence-corrected chi connectivity index (χ1v) is 7.22. The number of aldehydes is 1. The van der Waals surface area contributed by atoms with E-state index in [1.54, 1.807) is 33.0 Å². The molecule has 0 saturated heterocycles. The highest BCUT2D eigenvalue weighted by Gasteiger charge is 2.26. The Morgan fingerprint density at radius 3 is 2.59 bits per heavy atom. The van der Waals surface area contributed by atoms with Crippen LogP contribution in [-0.2, 0) is 11.2 Å². The smallest absolute Gasteiger partial charge is 0.355 e. The van der Waals surface area contributed by atoms with E-state index in [4.69, 9.17) is 4.74 Å². The van der Waals surface area contributed by atoms with Crippen molar-refractivity contribution in [3.63, 3.8) is 0 Å². The summed E-state index contributed by atoms with van der Waals surface area (Å²) in [5.41, 5.74) is 2.14. The summed E-state index contributed by atoms with van der Waals surface area (Å²) < 4.78 is 5.41. The minimum absolute atomic E-state index is 0.320. The molecule has 2 aromatic heterocycles. The highest BCUT2D eigenvalue weighted by Crippen LogP contribution is 2.29. The van der Waals surface area contributed by atoms with Gasteiger partial charge in [0.05, 0.1) is 11.4 Å². The van der Waals surface area contributed by atoms with Crippen LogP contribution < -0.4 is 0 Å². The van der Waals surface area contributed by atoms with E-state index in [0.717, 1.165) is 5.56 Å². The molecule has 2 heterocycles. The largest absolute Gasteiger partial charge is 0.455 e. The maximum Gasteiger partial charge on any atom is 0.355 e. The molecule has 5 heteroatoms. The standard InChI is InChI=1S/C17H20N2O3/c1-5-11-14(12-8-6-7-9-18-12)13(10-20)19-15(11)16(21)22-17(2,3)4/h6-10,19H,5H2,1-4H3. The van der Waals surface area contributed by atoms with Gasteiger partial charge in [-0.2, -0.15) is 0 Å². The van der Waals surface area contributed by atoms with Crippen LogP contribution in [0.5, 0.6) is 0 Å². The fourth-order valence-corrected chi connectivity index (χ4v) is 2.31. The number of carbonyl (C=O) groups excluding carboxylic acids is 2. The number of rotatable bonds is 4. The molecular formula is C17H20N2O3. The van der Waals surface area contributed by atoms with E-state index in [1.165, 1.54) is 0 Å². The second-order valence-electron chi connectivity index (χ2n) is 5.96. The fraction of sp³-hybridized carbons (Fsp3) is 0.353. The molecule has 0 fully saturated rings. The minimum atomic E-state index is -0.598. The number of ether oxygens (including phenoxy) is 1. The molecule has 0 bridgehead atoms. The van der Waals surface area contributed by atoms with Crippen LogP contribution >= 0.6 is 0 Å². The van der Waals surface area contributed by atoms with Crippen molar-refractivity contribution in [2.75, 3.05) is 0 Å². The maximum atomic E-state index is 12.4. The van der Waals surface area contributed by atoms with Crippen molar-refractivity contribution in [1.29, 1.82) is 0 Å². The van der Waals surface area contributed by atoms with Gasteiger partial charge in [-0.25, -0.2) is 4.79 Å². The Kier molecular flexibility index (Phi) is 4.45. The predicted molar refractivity (Wildman–Crippen MR) is 84.0 cm³/mol. The summed E-state index contributed by atoms with van der Waals surface area (Å²) in [7, 11) is 0. The molecular weight excluding hydrogens is 280 g/mol. The summed E-state index contributed by atoms with van der Waals surface area (Å²) in [6.07, 6.45) is 2.95. The average molecular weight is 300 g/mol. The van der Waals surface area contributed by atoms with Gasteiger partial charge in [-0.1, -0.05) is 13.0 Å². The van der Waals surface area contributed by atoms with Crippen molar-refractivity contribution in [1.82, 2.24) is 9.97 Å². The Bertz CT molecular complexity index is 682. The highest BCUT2D eigenvalue weighted by atomic mass is 16.6. The lowest BCUT2D eigenvalue weighted by atomic mass is 10.0. The first kappa shape index (κ1) is 15.9. The molecule has 0 aliphatic heterocycles. The second-order valence-corrected chi connectivity index (χ2v) is 5.96. The Hall–Kier alpha value is -2.43. The molecule has 22 heavy (non-hydrogen) atoms. The zero-order valence-electron chi connectivity index (χ0n) is 13.3. The third-order valence-corrected chi connectivity index (χ3v) is 3.13. The highest BCUT2D eigenvalue weighted by molar-refractivity contribution is 5.97. The number of H-pyrrole nitrogens is 1. The Morgan fingerprint density at radius 1 is 1.36 bits per heavy atom. The number of esters is 1. The SMILES string of the molecule is CCc1c(C(=O)OC(C)(C)C)[nH]c(C=O)c1-c1ccccn1. The van der Waals surface area contributed by atoms with Gasteiger partial charge in [-0.3, -0.25) is 9.78 Å². The Balaban J connectivity index is 2.56. The van der Waals surface area contributed by atoms with Crippen molar-refractivity contribution >= 4 is 12.3 Å². The van der Waals surface area contributed by atoms with Crippen molar-refractivity contribution in [2.24, 2.45) is 0 Å². The van der Waals surface area contributed by atoms with Gasteiger partial charge in [0.15, 0.2) is 6.29 Å². The normalized spacial score (nSPS) is 11.3. The molecule has 2 rings (SSSR count). The van der Waals surface area contributed by atoms with Crippen LogP contribution in [0.1, 0.15) is 54.2 Å². The molecule has 0 amide bonds. The summed E-state index contributed by atoms with van der Waals surface area (Å²) in [6.45, 7) is 7.34. The third-order valence-electron chi connectivity index (χ3n) is 3.13. The van der Waals surface area contributed by atoms with E-state index in [-0.39, 0.29) is 0 Å². The third kappa shape index (κ3) is 3.24. The zero-order chi connectivity index (χ0) is 16.3. The van der Waals surface area contributed by atoms with E-state index in [2.05, 4.69) is 9.97 Å². The first-order chi connectivity index (χ1) is 10.4. The quantitative estimate of drug-likeness (QED) is 0.694. The van der Waals surface area contributed by atoms with Crippen LogP contribution in [0.4, 0.5) is 0 Å². The molecule has 0 spiro atoms. The number of pyridine rings is 1. The van der Waals surface area contributed by atoms with E-state index in [9.17, 15) is 9.59 Å². The number of carbonyl (C=O) groups is 2. The second kappa shape index (κ2) is 6.13. The van der Waals surface area contributed by atoms with Crippen molar-refractivity contribution in [2.45, 2.75) is 39.7 Å². The summed E-state index contributed by atoms with van der Waals surface area (Å²) in [5, 5.41) is 0. The molecule has 0 atom stereocenters. The van der Waals surface area contributed by atoms with Gasteiger partial charge in [0.2, 0.25) is 0 Å². The summed E-state index contributed by atoms with van der Waals surface area (Å²) in [5.74, 6) is -0.463. The topological polar surface area (TPSA) is 72.1 Å². The van der Waals surface area contributed by atoms with Crippen LogP contribution in [0.2, 0.25) is 0 Å². The van der Waals surface area contributed by atoms with Crippen molar-refractivity contribution in [3.05, 3.63) is 41.3 Å². The van der Waals surface area contributed by atoms with Gasteiger partial charge in [0.25, 0.3) is 0 Å². The molecule has 0 aromatic carbocycles. The van der Waals surface area contributed by atoms with E-state index < -0.39 is 11.6 Å². The van der Waals surface area contributed by atoms with Gasteiger partial charge in [-0.05, 0) is 44.9 Å². The summed E-state index contributed by atoms with van der Waals surface area (Å²) >= 11 is 0. The zero-order valence-corrected chi connectivity index (χ0v) is 13.3. The molecule has 0 unspecified atom stereocenters. The number of aromatic amines is 1. The lowest BCUT2D eigenvalue weighted by Gasteiger charge is -2.19. The molecule has 0 radical (unpaired) electrons. The van der Waals surface area contributed by atoms with Crippen molar-refractivity contribution in [3.8, 4) is 11.3 Å². The van der Waals surface area contributed by atoms with E-state index in [1.807, 2.05) is 19.1 Å². The summed E-state index contributed by atoms with van der Waals surface area (Å²) in [4.78, 5) is 30.9. The monoisotopic (exact) mass is 300 g/mol. The predicted octanol–water partition coefficient (Wildman–Crippen LogP) is 3.41. The number of hydrogen-bond acceptors (Lipinski definition) is 4. The van der Waals surface area contributed by atoms with Crippen LogP contribution in [-0.4, -0.2) is 27.8 Å². The van der Waals surface area contributed by atoms with Crippen molar-refractivity contribution < 1.29 is 14.3 Å². The molecule has 0 saturated carbocycles. The van der Waals surface area contributed by atoms with Gasteiger partial charge < -0.3 is 9.72 Å². The molecule has 5 nitrogen and oxygen atoms in total. The molecule has 0 aliphatic rings. The van der Waals surface area contributed by atoms with Gasteiger partial charge in [0.1, 0.15) is 11.3 Å². The van der Waals surface area contributed by atoms with Crippen LogP contribution in [0.15, 0.2) is 24.4 Å². The number of nitrogens with one attached hydrogen (secondary N) is 1. The molecule has 1 N–H and O–H groups in total.